The second-order valence-corrected chi connectivity index (χ2v) is 5.75. The fourth-order valence-electron chi connectivity index (χ4n) is 2.59. The van der Waals surface area contributed by atoms with Gasteiger partial charge in [0.25, 0.3) is 0 Å². The first-order chi connectivity index (χ1) is 10.8. The van der Waals surface area contributed by atoms with Crippen LogP contribution in [0.25, 0.3) is 0 Å². The Morgan fingerprint density at radius 2 is 2.14 bits per heavy atom. The van der Waals surface area contributed by atoms with Crippen LogP contribution in [0.1, 0.15) is 48.6 Å². The Balaban J connectivity index is 1.47. The fourth-order valence-corrected chi connectivity index (χ4v) is 2.59. The summed E-state index contributed by atoms with van der Waals surface area (Å²) in [6.07, 6.45) is 4.23. The molecular weight excluding hydrogens is 276 g/mol. The Kier molecular flexibility index (Phi) is 4.38. The predicted molar refractivity (Wildman–Crippen MR) is 82.6 cm³/mol. The first kappa shape index (κ1) is 14.6. The summed E-state index contributed by atoms with van der Waals surface area (Å²) in [5, 5.41) is 17.2. The van der Waals surface area contributed by atoms with Gasteiger partial charge in [0, 0.05) is 12.5 Å². The highest BCUT2D eigenvalue weighted by Crippen LogP contribution is 2.41. The molecule has 0 saturated heterocycles. The van der Waals surface area contributed by atoms with Crippen LogP contribution >= 0.6 is 0 Å². The number of nitrogens with zero attached hydrogens (tertiary/aromatic N) is 4. The number of benzene rings is 1. The van der Waals surface area contributed by atoms with E-state index in [2.05, 4.69) is 29.4 Å². The van der Waals surface area contributed by atoms with Gasteiger partial charge in [-0.1, -0.05) is 23.4 Å². The number of rotatable bonds is 7. The van der Waals surface area contributed by atoms with E-state index < -0.39 is 0 Å². The third kappa shape index (κ3) is 3.28. The van der Waals surface area contributed by atoms with E-state index in [-0.39, 0.29) is 0 Å². The molecule has 1 aliphatic carbocycles. The molecule has 1 saturated carbocycles. The summed E-state index contributed by atoms with van der Waals surface area (Å²) in [5.41, 5.74) is 2.69. The van der Waals surface area contributed by atoms with Crippen molar-refractivity contribution in [1.82, 2.24) is 15.0 Å². The number of hydrogen-bond acceptors (Lipinski definition) is 4. The molecule has 3 rings (SSSR count). The Morgan fingerprint density at radius 3 is 2.86 bits per heavy atom. The molecule has 5 nitrogen and oxygen atoms in total. The molecule has 1 fully saturated rings. The van der Waals surface area contributed by atoms with Gasteiger partial charge in [-0.15, -0.1) is 5.10 Å². The number of hydrogen-bond donors (Lipinski definition) is 0. The maximum Gasteiger partial charge on any atom is 0.186 e. The molecule has 1 heterocycles. The van der Waals surface area contributed by atoms with Gasteiger partial charge in [-0.25, -0.2) is 4.68 Å². The number of unbranched alkanes of at least 4 members (excludes halogenated alkanes) is 1. The van der Waals surface area contributed by atoms with Gasteiger partial charge in [0.15, 0.2) is 5.69 Å². The van der Waals surface area contributed by atoms with Gasteiger partial charge in [0.05, 0.1) is 12.3 Å². The highest BCUT2D eigenvalue weighted by atomic mass is 16.5. The van der Waals surface area contributed by atoms with Crippen molar-refractivity contribution in [3.05, 3.63) is 41.2 Å². The molecule has 2 aromatic rings. The Morgan fingerprint density at radius 1 is 1.32 bits per heavy atom. The average molecular weight is 296 g/mol. The lowest BCUT2D eigenvalue weighted by molar-refractivity contribution is 0.299. The molecule has 1 aromatic carbocycles. The largest absolute Gasteiger partial charge is 0.493 e. The summed E-state index contributed by atoms with van der Waals surface area (Å²) in [7, 11) is 0. The molecule has 114 valence electrons. The van der Waals surface area contributed by atoms with Crippen molar-refractivity contribution in [1.29, 1.82) is 5.26 Å². The van der Waals surface area contributed by atoms with Crippen LogP contribution < -0.4 is 4.74 Å². The molecule has 0 radical (unpaired) electrons. The smallest absolute Gasteiger partial charge is 0.186 e. The minimum atomic E-state index is 0.493. The summed E-state index contributed by atoms with van der Waals surface area (Å²) in [6, 6.07) is 10.2. The van der Waals surface area contributed by atoms with Crippen molar-refractivity contribution < 1.29 is 4.74 Å². The number of nitriles is 1. The van der Waals surface area contributed by atoms with E-state index in [1.54, 1.807) is 0 Å². The number of aryl methyl sites for hydroxylation is 2. The molecule has 0 aliphatic heterocycles. The topological polar surface area (TPSA) is 63.7 Å². The van der Waals surface area contributed by atoms with Gasteiger partial charge < -0.3 is 4.74 Å². The van der Waals surface area contributed by atoms with Crippen LogP contribution in [0.4, 0.5) is 0 Å². The van der Waals surface area contributed by atoms with Crippen molar-refractivity contribution in [2.45, 2.75) is 45.1 Å². The van der Waals surface area contributed by atoms with Crippen LogP contribution in [0.15, 0.2) is 24.3 Å². The van der Waals surface area contributed by atoms with Crippen LogP contribution in [-0.4, -0.2) is 21.6 Å². The van der Waals surface area contributed by atoms with Gasteiger partial charge >= 0.3 is 0 Å². The predicted octanol–water partition coefficient (Wildman–Crippen LogP) is 3.19. The highest BCUT2D eigenvalue weighted by molar-refractivity contribution is 5.32. The van der Waals surface area contributed by atoms with E-state index in [0.717, 1.165) is 49.2 Å². The molecule has 0 amide bonds. The van der Waals surface area contributed by atoms with Crippen molar-refractivity contribution >= 4 is 0 Å². The molecule has 5 heteroatoms. The molecule has 0 bridgehead atoms. The van der Waals surface area contributed by atoms with E-state index >= 15 is 0 Å². The molecule has 0 atom stereocenters. The first-order valence-electron chi connectivity index (χ1n) is 7.81. The van der Waals surface area contributed by atoms with Gasteiger partial charge in [-0.3, -0.25) is 0 Å². The monoisotopic (exact) mass is 296 g/mol. The lowest BCUT2D eigenvalue weighted by Crippen LogP contribution is -2.07. The third-order valence-electron chi connectivity index (χ3n) is 3.96. The van der Waals surface area contributed by atoms with E-state index in [4.69, 9.17) is 10.00 Å². The van der Waals surface area contributed by atoms with E-state index in [9.17, 15) is 0 Å². The van der Waals surface area contributed by atoms with E-state index in [1.807, 2.05) is 22.9 Å². The van der Waals surface area contributed by atoms with Crippen LogP contribution in [0.2, 0.25) is 0 Å². The zero-order chi connectivity index (χ0) is 15.4. The summed E-state index contributed by atoms with van der Waals surface area (Å²) >= 11 is 0. The van der Waals surface area contributed by atoms with Gasteiger partial charge in [-0.2, -0.15) is 5.26 Å². The number of aromatic nitrogens is 3. The molecular formula is C17H20N4O. The van der Waals surface area contributed by atoms with Crippen LogP contribution in [0.5, 0.6) is 5.75 Å². The van der Waals surface area contributed by atoms with Crippen molar-refractivity contribution in [2.24, 2.45) is 0 Å². The van der Waals surface area contributed by atoms with Crippen molar-refractivity contribution in [3.63, 3.8) is 0 Å². The second-order valence-electron chi connectivity index (χ2n) is 5.75. The minimum Gasteiger partial charge on any atom is -0.493 e. The van der Waals surface area contributed by atoms with Crippen LogP contribution in [0.3, 0.4) is 0 Å². The van der Waals surface area contributed by atoms with Gasteiger partial charge in [-0.05, 0) is 44.2 Å². The fraction of sp³-hybridized carbons (Fsp3) is 0.471. The van der Waals surface area contributed by atoms with Crippen LogP contribution in [0, 0.1) is 18.3 Å². The normalized spacial score (nSPS) is 13.8. The number of ether oxygens (including phenoxy) is 1. The Hall–Kier alpha value is -2.35. The standard InChI is InChI=1S/C17H20N4O/c1-13-6-2-3-7-16(13)22-11-5-4-10-21-17(14-8-9-14)15(12-18)19-20-21/h2-3,6-7,14H,4-5,8-11H2,1H3. The summed E-state index contributed by atoms with van der Waals surface area (Å²) in [4.78, 5) is 0. The third-order valence-corrected chi connectivity index (χ3v) is 3.96. The van der Waals surface area contributed by atoms with E-state index in [0.29, 0.717) is 18.2 Å². The summed E-state index contributed by atoms with van der Waals surface area (Å²) in [6.45, 7) is 3.55. The molecule has 0 unspecified atom stereocenters. The quantitative estimate of drug-likeness (QED) is 0.736. The molecule has 0 spiro atoms. The average Bonchev–Trinajstić information content (AvgIpc) is 3.29. The summed E-state index contributed by atoms with van der Waals surface area (Å²) < 4.78 is 7.70. The number of para-hydroxylation sites is 1. The van der Waals surface area contributed by atoms with Crippen LogP contribution in [-0.2, 0) is 6.54 Å². The molecule has 22 heavy (non-hydrogen) atoms. The van der Waals surface area contributed by atoms with Crippen molar-refractivity contribution in [2.75, 3.05) is 6.61 Å². The maximum absolute atomic E-state index is 9.08. The Labute approximate surface area is 130 Å². The second kappa shape index (κ2) is 6.61. The minimum absolute atomic E-state index is 0.493. The molecule has 1 aromatic heterocycles. The van der Waals surface area contributed by atoms with E-state index in [1.165, 1.54) is 0 Å². The zero-order valence-electron chi connectivity index (χ0n) is 12.8. The van der Waals surface area contributed by atoms with Gasteiger partial charge in [0.2, 0.25) is 0 Å². The maximum atomic E-state index is 9.08. The Bertz CT molecular complexity index is 682. The first-order valence-corrected chi connectivity index (χ1v) is 7.81. The molecule has 0 N–H and O–H groups in total. The highest BCUT2D eigenvalue weighted by Gasteiger charge is 2.31. The van der Waals surface area contributed by atoms with Crippen molar-refractivity contribution in [3.8, 4) is 11.8 Å². The lowest BCUT2D eigenvalue weighted by atomic mass is 10.2. The lowest BCUT2D eigenvalue weighted by Gasteiger charge is -2.09. The summed E-state index contributed by atoms with van der Waals surface area (Å²) in [5.74, 6) is 1.45. The zero-order valence-corrected chi connectivity index (χ0v) is 12.8. The SMILES string of the molecule is Cc1ccccc1OCCCCn1nnc(C#N)c1C1CC1. The molecule has 1 aliphatic rings. The van der Waals surface area contributed by atoms with Gasteiger partial charge in [0.1, 0.15) is 11.8 Å².